The summed E-state index contributed by atoms with van der Waals surface area (Å²) in [6.45, 7) is 0.341. The number of hydrogen-bond acceptors (Lipinski definition) is 4. The Morgan fingerprint density at radius 2 is 1.82 bits per heavy atom. The van der Waals surface area contributed by atoms with Gasteiger partial charge >= 0.3 is 0 Å². The molecule has 0 aliphatic carbocycles. The van der Waals surface area contributed by atoms with Gasteiger partial charge in [-0.3, -0.25) is 0 Å². The summed E-state index contributed by atoms with van der Waals surface area (Å²) in [7, 11) is 0. The molecule has 0 unspecified atom stereocenters. The van der Waals surface area contributed by atoms with E-state index in [1.165, 1.54) is 0 Å². The summed E-state index contributed by atoms with van der Waals surface area (Å²) in [4.78, 5) is 8.50. The first-order chi connectivity index (χ1) is 8.25. The highest BCUT2D eigenvalue weighted by molar-refractivity contribution is 7.80. The van der Waals surface area contributed by atoms with Crippen molar-refractivity contribution in [1.82, 2.24) is 9.97 Å². The fourth-order valence-corrected chi connectivity index (χ4v) is 1.40. The van der Waals surface area contributed by atoms with Gasteiger partial charge in [0, 0.05) is 18.0 Å². The molecule has 0 aliphatic heterocycles. The average molecular weight is 245 g/mol. The van der Waals surface area contributed by atoms with Crippen LogP contribution in [0.25, 0.3) is 0 Å². The zero-order chi connectivity index (χ0) is 12.1. The largest absolute Gasteiger partial charge is 0.486 e. The number of hydrogen-bond donors (Lipinski definition) is 1. The predicted molar refractivity (Wildman–Crippen MR) is 68.7 cm³/mol. The van der Waals surface area contributed by atoms with Crippen molar-refractivity contribution in [3.05, 3.63) is 54.1 Å². The van der Waals surface area contributed by atoms with E-state index in [1.54, 1.807) is 18.5 Å². The van der Waals surface area contributed by atoms with E-state index in [2.05, 4.69) is 9.97 Å². The second-order valence-corrected chi connectivity index (χ2v) is 3.78. The predicted octanol–water partition coefficient (Wildman–Crippen LogP) is 1.69. The first kappa shape index (κ1) is 11.5. The maximum absolute atomic E-state index is 5.52. The Morgan fingerprint density at radius 3 is 2.41 bits per heavy atom. The van der Waals surface area contributed by atoms with E-state index in [0.29, 0.717) is 17.4 Å². The van der Waals surface area contributed by atoms with E-state index in [-0.39, 0.29) is 0 Å². The van der Waals surface area contributed by atoms with Crippen molar-refractivity contribution in [2.45, 2.75) is 6.61 Å². The molecule has 5 heteroatoms. The third-order valence-corrected chi connectivity index (χ3v) is 2.36. The summed E-state index contributed by atoms with van der Waals surface area (Å²) < 4.78 is 5.52. The third kappa shape index (κ3) is 3.22. The van der Waals surface area contributed by atoms with Gasteiger partial charge in [0.25, 0.3) is 0 Å². The molecule has 0 atom stereocenters. The second kappa shape index (κ2) is 5.36. The quantitative estimate of drug-likeness (QED) is 0.831. The SMILES string of the molecule is NC(=S)c1ccc(OCc2ncccn2)cc1. The van der Waals surface area contributed by atoms with Crippen LogP contribution in [0.15, 0.2) is 42.7 Å². The summed E-state index contributed by atoms with van der Waals surface area (Å²) in [5, 5.41) is 0. The van der Waals surface area contributed by atoms with Gasteiger partial charge in [-0.05, 0) is 30.3 Å². The van der Waals surface area contributed by atoms with Crippen LogP contribution in [-0.2, 0) is 6.61 Å². The summed E-state index contributed by atoms with van der Waals surface area (Å²) in [6, 6.07) is 9.04. The molecule has 0 fully saturated rings. The maximum atomic E-state index is 5.52. The van der Waals surface area contributed by atoms with Crippen molar-refractivity contribution >= 4 is 17.2 Å². The Bertz CT molecular complexity index is 499. The molecule has 2 N–H and O–H groups in total. The van der Waals surface area contributed by atoms with Gasteiger partial charge in [0.2, 0.25) is 0 Å². The highest BCUT2D eigenvalue weighted by atomic mass is 32.1. The summed E-state index contributed by atoms with van der Waals surface area (Å²) in [6.07, 6.45) is 3.36. The highest BCUT2D eigenvalue weighted by Gasteiger charge is 1.99. The van der Waals surface area contributed by atoms with Crippen LogP contribution in [0.4, 0.5) is 0 Å². The highest BCUT2D eigenvalue weighted by Crippen LogP contribution is 2.13. The van der Waals surface area contributed by atoms with Crippen molar-refractivity contribution in [3.63, 3.8) is 0 Å². The van der Waals surface area contributed by atoms with E-state index < -0.39 is 0 Å². The molecule has 1 aromatic heterocycles. The first-order valence-corrected chi connectivity index (χ1v) is 5.45. The lowest BCUT2D eigenvalue weighted by molar-refractivity contribution is 0.296. The molecular weight excluding hydrogens is 234 g/mol. The monoisotopic (exact) mass is 245 g/mol. The van der Waals surface area contributed by atoms with Crippen molar-refractivity contribution in [1.29, 1.82) is 0 Å². The Labute approximate surface area is 104 Å². The molecule has 17 heavy (non-hydrogen) atoms. The van der Waals surface area contributed by atoms with Gasteiger partial charge in [-0.2, -0.15) is 0 Å². The van der Waals surface area contributed by atoms with Gasteiger partial charge in [-0.25, -0.2) is 9.97 Å². The number of nitrogens with two attached hydrogens (primary N) is 1. The van der Waals surface area contributed by atoms with Gasteiger partial charge in [0.15, 0.2) is 5.82 Å². The fourth-order valence-electron chi connectivity index (χ4n) is 1.27. The van der Waals surface area contributed by atoms with E-state index in [9.17, 15) is 0 Å². The minimum Gasteiger partial charge on any atom is -0.486 e. The minimum atomic E-state index is 0.341. The molecule has 2 aromatic rings. The van der Waals surface area contributed by atoms with Gasteiger partial charge in [-0.1, -0.05) is 12.2 Å². The van der Waals surface area contributed by atoms with Crippen LogP contribution in [0.1, 0.15) is 11.4 Å². The number of rotatable bonds is 4. The Kier molecular flexibility index (Phi) is 3.62. The number of nitrogens with zero attached hydrogens (tertiary/aromatic N) is 2. The first-order valence-electron chi connectivity index (χ1n) is 5.04. The van der Waals surface area contributed by atoms with E-state index in [1.807, 2.05) is 24.3 Å². The molecule has 0 radical (unpaired) electrons. The second-order valence-electron chi connectivity index (χ2n) is 3.34. The van der Waals surface area contributed by atoms with E-state index >= 15 is 0 Å². The van der Waals surface area contributed by atoms with Crippen LogP contribution in [0.3, 0.4) is 0 Å². The van der Waals surface area contributed by atoms with Crippen LogP contribution in [0.2, 0.25) is 0 Å². The summed E-state index contributed by atoms with van der Waals surface area (Å²) in [5.74, 6) is 1.38. The molecule has 0 amide bonds. The summed E-state index contributed by atoms with van der Waals surface area (Å²) in [5.41, 5.74) is 6.32. The lowest BCUT2D eigenvalue weighted by Crippen LogP contribution is -2.08. The molecule has 0 saturated heterocycles. The lowest BCUT2D eigenvalue weighted by Gasteiger charge is -2.05. The lowest BCUT2D eigenvalue weighted by atomic mass is 10.2. The Balaban J connectivity index is 1.98. The molecule has 1 heterocycles. The number of benzene rings is 1. The van der Waals surface area contributed by atoms with Crippen LogP contribution in [0, 0.1) is 0 Å². The molecule has 0 aliphatic rings. The van der Waals surface area contributed by atoms with Gasteiger partial charge in [0.1, 0.15) is 17.3 Å². The van der Waals surface area contributed by atoms with Crippen LogP contribution >= 0.6 is 12.2 Å². The fraction of sp³-hybridized carbons (Fsp3) is 0.0833. The van der Waals surface area contributed by atoms with Gasteiger partial charge in [0.05, 0.1) is 0 Å². The van der Waals surface area contributed by atoms with Crippen LogP contribution in [-0.4, -0.2) is 15.0 Å². The average Bonchev–Trinajstić information content (AvgIpc) is 2.38. The van der Waals surface area contributed by atoms with Crippen LogP contribution < -0.4 is 10.5 Å². The van der Waals surface area contributed by atoms with Crippen molar-refractivity contribution in [2.75, 3.05) is 0 Å². The molecule has 0 spiro atoms. The topological polar surface area (TPSA) is 61.0 Å². The standard InChI is InChI=1S/C12H11N3OS/c13-12(17)9-2-4-10(5-3-9)16-8-11-14-6-1-7-15-11/h1-7H,8H2,(H2,13,17). The minimum absolute atomic E-state index is 0.341. The third-order valence-electron chi connectivity index (χ3n) is 2.13. The number of thiocarbonyl (C=S) groups is 1. The maximum Gasteiger partial charge on any atom is 0.166 e. The smallest absolute Gasteiger partial charge is 0.166 e. The van der Waals surface area contributed by atoms with Gasteiger partial charge in [-0.15, -0.1) is 0 Å². The molecule has 86 valence electrons. The molecule has 2 rings (SSSR count). The molecule has 4 nitrogen and oxygen atoms in total. The number of ether oxygens (including phenoxy) is 1. The molecule has 0 saturated carbocycles. The van der Waals surface area contributed by atoms with E-state index in [4.69, 9.17) is 22.7 Å². The normalized spacial score (nSPS) is 9.88. The Morgan fingerprint density at radius 1 is 1.18 bits per heavy atom. The zero-order valence-electron chi connectivity index (χ0n) is 9.04. The van der Waals surface area contributed by atoms with Gasteiger partial charge < -0.3 is 10.5 Å². The van der Waals surface area contributed by atoms with Crippen molar-refractivity contribution in [2.24, 2.45) is 5.73 Å². The molecule has 1 aromatic carbocycles. The number of aromatic nitrogens is 2. The zero-order valence-corrected chi connectivity index (χ0v) is 9.85. The molecular formula is C12H11N3OS. The van der Waals surface area contributed by atoms with Crippen molar-refractivity contribution < 1.29 is 4.74 Å². The van der Waals surface area contributed by atoms with Crippen molar-refractivity contribution in [3.8, 4) is 5.75 Å². The van der Waals surface area contributed by atoms with E-state index in [0.717, 1.165) is 11.3 Å². The summed E-state index contributed by atoms with van der Waals surface area (Å²) >= 11 is 4.86. The Hall–Kier alpha value is -2.01. The van der Waals surface area contributed by atoms with Crippen LogP contribution in [0.5, 0.6) is 5.75 Å². The molecule has 0 bridgehead atoms.